The summed E-state index contributed by atoms with van der Waals surface area (Å²) in [6.45, 7) is 2.70. The third-order valence-corrected chi connectivity index (χ3v) is 4.57. The molecule has 0 saturated carbocycles. The largest absolute Gasteiger partial charge is 0.497 e. The second kappa shape index (κ2) is 12.4. The number of nitrogens with zero attached hydrogens (tertiary/aromatic N) is 2. The van der Waals surface area contributed by atoms with E-state index in [1.807, 2.05) is 0 Å². The summed E-state index contributed by atoms with van der Waals surface area (Å²) in [6.07, 6.45) is 2.42. The molecule has 156 valence electrons. The Kier molecular flexibility index (Phi) is 10.6. The maximum absolute atomic E-state index is 12.1. The van der Waals surface area contributed by atoms with Gasteiger partial charge in [-0.3, -0.25) is 14.6 Å². The number of carbonyl (C=O) groups excluding carboxylic acids is 2. The summed E-state index contributed by atoms with van der Waals surface area (Å²) in [5, 5.41) is 6.14. The lowest BCUT2D eigenvalue weighted by Gasteiger charge is -2.34. The third-order valence-electron chi connectivity index (χ3n) is 4.57. The van der Waals surface area contributed by atoms with E-state index in [2.05, 4.69) is 20.5 Å². The van der Waals surface area contributed by atoms with Gasteiger partial charge in [0.15, 0.2) is 5.96 Å². The van der Waals surface area contributed by atoms with Crippen molar-refractivity contribution in [1.82, 2.24) is 15.5 Å². The monoisotopic (exact) mass is 503 g/mol. The zero-order valence-corrected chi connectivity index (χ0v) is 18.8. The van der Waals surface area contributed by atoms with Crippen molar-refractivity contribution in [3.63, 3.8) is 0 Å². The van der Waals surface area contributed by atoms with E-state index >= 15 is 0 Å². The lowest BCUT2D eigenvalue weighted by molar-refractivity contribution is -0.119. The van der Waals surface area contributed by atoms with Gasteiger partial charge in [-0.1, -0.05) is 0 Å². The number of aliphatic imine (C=N–C) groups is 1. The van der Waals surface area contributed by atoms with Crippen LogP contribution in [0.15, 0.2) is 29.3 Å². The van der Waals surface area contributed by atoms with Crippen molar-refractivity contribution in [2.45, 2.75) is 19.3 Å². The number of piperidine rings is 1. The molecule has 1 aliphatic rings. The van der Waals surface area contributed by atoms with Crippen LogP contribution in [0, 0.1) is 5.92 Å². The van der Waals surface area contributed by atoms with Gasteiger partial charge < -0.3 is 26.0 Å². The fraction of sp³-hybridized carbons (Fsp3) is 0.526. The lowest BCUT2D eigenvalue weighted by Crippen LogP contribution is -2.48. The minimum Gasteiger partial charge on any atom is -0.497 e. The number of rotatable bonds is 7. The van der Waals surface area contributed by atoms with Gasteiger partial charge in [0.1, 0.15) is 5.75 Å². The summed E-state index contributed by atoms with van der Waals surface area (Å²) >= 11 is 0. The van der Waals surface area contributed by atoms with Gasteiger partial charge in [-0.05, 0) is 43.0 Å². The van der Waals surface area contributed by atoms with E-state index in [9.17, 15) is 9.59 Å². The van der Waals surface area contributed by atoms with Crippen LogP contribution in [-0.2, 0) is 4.79 Å². The van der Waals surface area contributed by atoms with Gasteiger partial charge in [0.2, 0.25) is 5.91 Å². The van der Waals surface area contributed by atoms with E-state index in [1.54, 1.807) is 38.4 Å². The second-order valence-corrected chi connectivity index (χ2v) is 6.58. The van der Waals surface area contributed by atoms with Gasteiger partial charge in [0.25, 0.3) is 5.91 Å². The molecule has 0 aromatic heterocycles. The van der Waals surface area contributed by atoms with Gasteiger partial charge in [0, 0.05) is 45.2 Å². The summed E-state index contributed by atoms with van der Waals surface area (Å²) in [5.74, 6) is 1.38. The molecule has 0 radical (unpaired) electrons. The number of nitrogens with two attached hydrogens (primary N) is 1. The van der Waals surface area contributed by atoms with Crippen molar-refractivity contribution in [2.75, 3.05) is 40.3 Å². The molecule has 1 aliphatic heterocycles. The van der Waals surface area contributed by atoms with Gasteiger partial charge in [0.05, 0.1) is 7.11 Å². The van der Waals surface area contributed by atoms with Crippen molar-refractivity contribution >= 4 is 41.8 Å². The van der Waals surface area contributed by atoms with Crippen LogP contribution in [0.1, 0.15) is 29.6 Å². The van der Waals surface area contributed by atoms with Gasteiger partial charge in [-0.25, -0.2) is 0 Å². The SMILES string of the molecule is CN=C(NCCNC(=O)c1ccc(OC)cc1)N1CCCC(CC(N)=O)C1.I. The highest BCUT2D eigenvalue weighted by molar-refractivity contribution is 14.0. The number of hydrogen-bond acceptors (Lipinski definition) is 4. The Hall–Kier alpha value is -2.04. The molecule has 9 heteroatoms. The van der Waals surface area contributed by atoms with Crippen molar-refractivity contribution in [3.05, 3.63) is 29.8 Å². The van der Waals surface area contributed by atoms with Crippen LogP contribution in [0.25, 0.3) is 0 Å². The first kappa shape index (κ1) is 24.0. The Labute approximate surface area is 183 Å². The molecule has 2 amide bonds. The third kappa shape index (κ3) is 7.53. The second-order valence-electron chi connectivity index (χ2n) is 6.58. The maximum atomic E-state index is 12.1. The van der Waals surface area contributed by atoms with E-state index in [-0.39, 0.29) is 41.7 Å². The molecule has 28 heavy (non-hydrogen) atoms. The highest BCUT2D eigenvalue weighted by Crippen LogP contribution is 2.19. The van der Waals surface area contributed by atoms with Gasteiger partial charge >= 0.3 is 0 Å². The van der Waals surface area contributed by atoms with E-state index in [1.165, 1.54) is 0 Å². The molecule has 1 aromatic rings. The summed E-state index contributed by atoms with van der Waals surface area (Å²) in [5.41, 5.74) is 5.91. The van der Waals surface area contributed by atoms with Crippen LogP contribution < -0.4 is 21.1 Å². The number of amides is 2. The molecule has 1 fully saturated rings. The molecule has 4 N–H and O–H groups in total. The van der Waals surface area contributed by atoms with Crippen LogP contribution in [0.3, 0.4) is 0 Å². The van der Waals surface area contributed by atoms with Crippen LogP contribution in [0.4, 0.5) is 0 Å². The summed E-state index contributed by atoms with van der Waals surface area (Å²) in [6, 6.07) is 6.97. The average molecular weight is 503 g/mol. The molecule has 1 heterocycles. The molecule has 1 atom stereocenters. The number of ether oxygens (including phenoxy) is 1. The quantitative estimate of drug-likeness (QED) is 0.224. The zero-order chi connectivity index (χ0) is 19.6. The fourth-order valence-corrected chi connectivity index (χ4v) is 3.24. The van der Waals surface area contributed by atoms with Crippen molar-refractivity contribution in [3.8, 4) is 5.75 Å². The van der Waals surface area contributed by atoms with Crippen LogP contribution in [0.5, 0.6) is 5.75 Å². The molecule has 1 saturated heterocycles. The first-order chi connectivity index (χ1) is 13.0. The number of primary amides is 1. The topological polar surface area (TPSA) is 109 Å². The Balaban J connectivity index is 0.00000392. The smallest absolute Gasteiger partial charge is 0.251 e. The predicted molar refractivity (Wildman–Crippen MR) is 120 cm³/mol. The Morgan fingerprint density at radius 2 is 1.93 bits per heavy atom. The van der Waals surface area contributed by atoms with Crippen molar-refractivity contribution in [1.29, 1.82) is 0 Å². The number of nitrogens with one attached hydrogen (secondary N) is 2. The van der Waals surface area contributed by atoms with Crippen LogP contribution >= 0.6 is 24.0 Å². The summed E-state index contributed by atoms with van der Waals surface area (Å²) < 4.78 is 5.09. The number of hydrogen-bond donors (Lipinski definition) is 3. The van der Waals surface area contributed by atoms with Gasteiger partial charge in [-0.15, -0.1) is 24.0 Å². The molecular formula is C19H30IN5O3. The molecule has 0 bridgehead atoms. The van der Waals surface area contributed by atoms with E-state index in [4.69, 9.17) is 10.5 Å². The Morgan fingerprint density at radius 3 is 2.54 bits per heavy atom. The molecule has 0 spiro atoms. The average Bonchev–Trinajstić information content (AvgIpc) is 2.67. The normalized spacial score (nSPS) is 16.7. The number of likely N-dealkylation sites (tertiary alicyclic amines) is 1. The number of benzene rings is 1. The molecule has 2 rings (SSSR count). The standard InChI is InChI=1S/C19H29N5O3.HI/c1-21-19(24-11-3-4-14(13-24)12-17(20)25)23-10-9-22-18(26)15-5-7-16(27-2)8-6-15;/h5-8,14H,3-4,9-13H2,1-2H3,(H2,20,25)(H,21,23)(H,22,26);1H. The molecular weight excluding hydrogens is 473 g/mol. The molecule has 8 nitrogen and oxygen atoms in total. The Bertz CT molecular complexity index is 666. The minimum atomic E-state index is -0.258. The molecule has 1 aromatic carbocycles. The minimum absolute atomic E-state index is 0. The number of methoxy groups -OCH3 is 1. The first-order valence-electron chi connectivity index (χ1n) is 9.19. The van der Waals surface area contributed by atoms with Crippen LogP contribution in [0.2, 0.25) is 0 Å². The lowest BCUT2D eigenvalue weighted by atomic mass is 9.95. The fourth-order valence-electron chi connectivity index (χ4n) is 3.24. The number of halogens is 1. The predicted octanol–water partition coefficient (Wildman–Crippen LogP) is 1.21. The highest BCUT2D eigenvalue weighted by Gasteiger charge is 2.23. The van der Waals surface area contributed by atoms with Crippen molar-refractivity contribution < 1.29 is 14.3 Å². The highest BCUT2D eigenvalue weighted by atomic mass is 127. The van der Waals surface area contributed by atoms with E-state index in [0.29, 0.717) is 30.8 Å². The molecule has 1 unspecified atom stereocenters. The van der Waals surface area contributed by atoms with Crippen LogP contribution in [-0.4, -0.2) is 63.0 Å². The maximum Gasteiger partial charge on any atom is 0.251 e. The first-order valence-corrected chi connectivity index (χ1v) is 9.19. The summed E-state index contributed by atoms with van der Waals surface area (Å²) in [4.78, 5) is 29.7. The number of guanidine groups is 1. The molecule has 0 aliphatic carbocycles. The van der Waals surface area contributed by atoms with Crippen molar-refractivity contribution in [2.24, 2.45) is 16.6 Å². The zero-order valence-electron chi connectivity index (χ0n) is 16.4. The Morgan fingerprint density at radius 1 is 1.25 bits per heavy atom. The number of carbonyl (C=O) groups is 2. The van der Waals surface area contributed by atoms with E-state index in [0.717, 1.165) is 31.9 Å². The van der Waals surface area contributed by atoms with Gasteiger partial charge in [-0.2, -0.15) is 0 Å². The van der Waals surface area contributed by atoms with E-state index < -0.39 is 0 Å². The summed E-state index contributed by atoms with van der Waals surface area (Å²) in [7, 11) is 3.32.